The molecule has 1 aliphatic rings. The number of amides is 1. The van der Waals surface area contributed by atoms with Crippen molar-refractivity contribution in [3.63, 3.8) is 0 Å². The zero-order valence-corrected chi connectivity index (χ0v) is 10.7. The zero-order chi connectivity index (χ0) is 12.3. The SMILES string of the molecule is CC[NH+]1CCN(C(=O)c2cccc(C)c2)CC1. The van der Waals surface area contributed by atoms with Gasteiger partial charge in [0.25, 0.3) is 5.91 Å². The summed E-state index contributed by atoms with van der Waals surface area (Å²) in [6.07, 6.45) is 0. The highest BCUT2D eigenvalue weighted by Crippen LogP contribution is 2.07. The second kappa shape index (κ2) is 5.32. The van der Waals surface area contributed by atoms with Gasteiger partial charge in [0.05, 0.1) is 32.7 Å². The fraction of sp³-hybridized carbons (Fsp3) is 0.500. The van der Waals surface area contributed by atoms with Crippen molar-refractivity contribution in [2.45, 2.75) is 13.8 Å². The Bertz CT molecular complexity index is 395. The third kappa shape index (κ3) is 2.86. The van der Waals surface area contributed by atoms with Crippen LogP contribution in [0.1, 0.15) is 22.8 Å². The molecular formula is C14H21N2O+. The van der Waals surface area contributed by atoms with Gasteiger partial charge < -0.3 is 9.80 Å². The molecule has 2 rings (SSSR count). The number of quaternary nitrogens is 1. The second-order valence-corrected chi connectivity index (χ2v) is 4.77. The molecule has 0 bridgehead atoms. The lowest BCUT2D eigenvalue weighted by Crippen LogP contribution is -3.14. The predicted octanol–water partition coefficient (Wildman–Crippen LogP) is 0.356. The Kier molecular flexibility index (Phi) is 3.79. The van der Waals surface area contributed by atoms with Crippen LogP contribution in [0.15, 0.2) is 24.3 Å². The van der Waals surface area contributed by atoms with E-state index in [9.17, 15) is 4.79 Å². The lowest BCUT2D eigenvalue weighted by atomic mass is 10.1. The van der Waals surface area contributed by atoms with Crippen LogP contribution in [0.2, 0.25) is 0 Å². The summed E-state index contributed by atoms with van der Waals surface area (Å²) in [6.45, 7) is 9.31. The Morgan fingerprint density at radius 1 is 1.35 bits per heavy atom. The topological polar surface area (TPSA) is 24.8 Å². The number of piperazine rings is 1. The van der Waals surface area contributed by atoms with Crippen molar-refractivity contribution >= 4 is 5.91 Å². The first-order valence-electron chi connectivity index (χ1n) is 6.40. The quantitative estimate of drug-likeness (QED) is 0.783. The smallest absolute Gasteiger partial charge is 0.254 e. The van der Waals surface area contributed by atoms with Gasteiger partial charge in [-0.3, -0.25) is 4.79 Å². The van der Waals surface area contributed by atoms with Crippen LogP contribution in [0.3, 0.4) is 0 Å². The van der Waals surface area contributed by atoms with E-state index in [0.717, 1.165) is 43.9 Å². The summed E-state index contributed by atoms with van der Waals surface area (Å²) in [5, 5.41) is 0. The largest absolute Gasteiger partial charge is 0.332 e. The van der Waals surface area contributed by atoms with Crippen LogP contribution in [0.5, 0.6) is 0 Å². The second-order valence-electron chi connectivity index (χ2n) is 4.77. The molecule has 1 N–H and O–H groups in total. The molecule has 1 heterocycles. The average molecular weight is 233 g/mol. The van der Waals surface area contributed by atoms with Gasteiger partial charge >= 0.3 is 0 Å². The molecule has 17 heavy (non-hydrogen) atoms. The monoisotopic (exact) mass is 233 g/mol. The Balaban J connectivity index is 2.02. The van der Waals surface area contributed by atoms with E-state index in [1.54, 1.807) is 4.90 Å². The summed E-state index contributed by atoms with van der Waals surface area (Å²) in [7, 11) is 0. The molecular weight excluding hydrogens is 212 g/mol. The van der Waals surface area contributed by atoms with Crippen LogP contribution < -0.4 is 4.90 Å². The van der Waals surface area contributed by atoms with Crippen LogP contribution in [-0.2, 0) is 0 Å². The summed E-state index contributed by atoms with van der Waals surface area (Å²) in [5.74, 6) is 0.184. The van der Waals surface area contributed by atoms with E-state index in [1.807, 2.05) is 36.1 Å². The van der Waals surface area contributed by atoms with Crippen LogP contribution >= 0.6 is 0 Å². The summed E-state index contributed by atoms with van der Waals surface area (Å²) < 4.78 is 0. The molecule has 0 spiro atoms. The van der Waals surface area contributed by atoms with Gasteiger partial charge in [-0.05, 0) is 26.0 Å². The van der Waals surface area contributed by atoms with Gasteiger partial charge in [0.1, 0.15) is 0 Å². The number of carbonyl (C=O) groups excluding carboxylic acids is 1. The lowest BCUT2D eigenvalue weighted by Gasteiger charge is -2.31. The lowest BCUT2D eigenvalue weighted by molar-refractivity contribution is -0.902. The number of nitrogens with zero attached hydrogens (tertiary/aromatic N) is 1. The van der Waals surface area contributed by atoms with Gasteiger partial charge in [0, 0.05) is 5.56 Å². The standard InChI is InChI=1S/C14H20N2O/c1-3-15-7-9-16(10-8-15)14(17)13-6-4-5-12(2)11-13/h4-6,11H,3,7-10H2,1-2H3/p+1. The number of rotatable bonds is 2. The van der Waals surface area contributed by atoms with Crippen molar-refractivity contribution in [1.82, 2.24) is 4.90 Å². The van der Waals surface area contributed by atoms with Crippen molar-refractivity contribution in [2.75, 3.05) is 32.7 Å². The average Bonchev–Trinajstić information content (AvgIpc) is 2.38. The summed E-state index contributed by atoms with van der Waals surface area (Å²) in [5.41, 5.74) is 1.97. The highest BCUT2D eigenvalue weighted by atomic mass is 16.2. The van der Waals surface area contributed by atoms with Crippen LogP contribution in [0, 0.1) is 6.92 Å². The van der Waals surface area contributed by atoms with Crippen molar-refractivity contribution in [1.29, 1.82) is 0 Å². The molecule has 0 saturated carbocycles. The summed E-state index contributed by atoms with van der Waals surface area (Å²) in [6, 6.07) is 7.86. The number of nitrogens with one attached hydrogen (secondary N) is 1. The number of benzene rings is 1. The molecule has 1 fully saturated rings. The molecule has 1 amide bonds. The minimum atomic E-state index is 0.184. The van der Waals surface area contributed by atoms with Gasteiger partial charge in [0.15, 0.2) is 0 Å². The molecule has 92 valence electrons. The van der Waals surface area contributed by atoms with Gasteiger partial charge in [0.2, 0.25) is 0 Å². The summed E-state index contributed by atoms with van der Waals surface area (Å²) >= 11 is 0. The maximum absolute atomic E-state index is 12.3. The third-order valence-electron chi connectivity index (χ3n) is 3.52. The van der Waals surface area contributed by atoms with Crippen LogP contribution in [0.4, 0.5) is 0 Å². The number of aryl methyl sites for hydroxylation is 1. The highest BCUT2D eigenvalue weighted by Gasteiger charge is 2.23. The predicted molar refractivity (Wildman–Crippen MR) is 68.3 cm³/mol. The van der Waals surface area contributed by atoms with Crippen LogP contribution in [0.25, 0.3) is 0 Å². The molecule has 0 atom stereocenters. The third-order valence-corrected chi connectivity index (χ3v) is 3.52. The maximum Gasteiger partial charge on any atom is 0.254 e. The van der Waals surface area contributed by atoms with Crippen molar-refractivity contribution in [2.24, 2.45) is 0 Å². The molecule has 0 unspecified atom stereocenters. The van der Waals surface area contributed by atoms with E-state index < -0.39 is 0 Å². The van der Waals surface area contributed by atoms with E-state index in [0.29, 0.717) is 0 Å². The number of likely N-dealkylation sites (N-methyl/N-ethyl adjacent to an activating group) is 1. The van der Waals surface area contributed by atoms with E-state index in [4.69, 9.17) is 0 Å². The first-order chi connectivity index (χ1) is 8.20. The first-order valence-corrected chi connectivity index (χ1v) is 6.40. The maximum atomic E-state index is 12.3. The van der Waals surface area contributed by atoms with Crippen molar-refractivity contribution in [3.8, 4) is 0 Å². The number of hydrogen-bond acceptors (Lipinski definition) is 1. The molecule has 1 aliphatic heterocycles. The molecule has 0 aliphatic carbocycles. The first kappa shape index (κ1) is 12.1. The van der Waals surface area contributed by atoms with Crippen molar-refractivity contribution < 1.29 is 9.69 Å². The highest BCUT2D eigenvalue weighted by molar-refractivity contribution is 5.94. The minimum absolute atomic E-state index is 0.184. The Hall–Kier alpha value is -1.35. The van der Waals surface area contributed by atoms with E-state index >= 15 is 0 Å². The van der Waals surface area contributed by atoms with Gasteiger partial charge in [-0.2, -0.15) is 0 Å². The fourth-order valence-electron chi connectivity index (χ4n) is 2.34. The molecule has 0 radical (unpaired) electrons. The number of carbonyl (C=O) groups is 1. The molecule has 3 heteroatoms. The molecule has 1 aromatic rings. The molecule has 0 aromatic heterocycles. The summed E-state index contributed by atoms with van der Waals surface area (Å²) in [4.78, 5) is 15.8. The Morgan fingerprint density at radius 2 is 2.06 bits per heavy atom. The Labute approximate surface area is 103 Å². The van der Waals surface area contributed by atoms with Crippen LogP contribution in [-0.4, -0.2) is 43.5 Å². The van der Waals surface area contributed by atoms with Crippen molar-refractivity contribution in [3.05, 3.63) is 35.4 Å². The van der Waals surface area contributed by atoms with E-state index in [1.165, 1.54) is 0 Å². The van der Waals surface area contributed by atoms with E-state index in [-0.39, 0.29) is 5.91 Å². The van der Waals surface area contributed by atoms with E-state index in [2.05, 4.69) is 6.92 Å². The van der Waals surface area contributed by atoms with Gasteiger partial charge in [-0.15, -0.1) is 0 Å². The fourth-order valence-corrected chi connectivity index (χ4v) is 2.34. The van der Waals surface area contributed by atoms with Gasteiger partial charge in [-0.25, -0.2) is 0 Å². The molecule has 1 saturated heterocycles. The molecule has 3 nitrogen and oxygen atoms in total. The number of hydrogen-bond donors (Lipinski definition) is 1. The zero-order valence-electron chi connectivity index (χ0n) is 10.7. The normalized spacial score (nSPS) is 17.2. The Morgan fingerprint density at radius 3 is 2.65 bits per heavy atom. The van der Waals surface area contributed by atoms with Gasteiger partial charge in [-0.1, -0.05) is 17.7 Å². The molecule has 1 aromatic carbocycles. The minimum Gasteiger partial charge on any atom is -0.332 e.